The average molecular weight is 453 g/mol. The third-order valence-corrected chi connectivity index (χ3v) is 5.41. The molecular weight excluding hydrogens is 424 g/mol. The van der Waals surface area contributed by atoms with Crippen molar-refractivity contribution in [2.75, 3.05) is 6.61 Å². The van der Waals surface area contributed by atoms with Crippen molar-refractivity contribution in [2.45, 2.75) is 26.4 Å². The second-order valence-corrected chi connectivity index (χ2v) is 8.23. The van der Waals surface area contributed by atoms with E-state index in [0.29, 0.717) is 18.0 Å². The van der Waals surface area contributed by atoms with Gasteiger partial charge in [0.2, 0.25) is 0 Å². The van der Waals surface area contributed by atoms with E-state index in [-0.39, 0.29) is 18.6 Å². The van der Waals surface area contributed by atoms with Crippen LogP contribution in [0.25, 0.3) is 11.1 Å². The number of aromatic nitrogens is 1. The Bertz CT molecular complexity index is 1180. The van der Waals surface area contributed by atoms with Crippen LogP contribution in [0.2, 0.25) is 0 Å². The lowest BCUT2D eigenvalue weighted by atomic mass is 10.1. The van der Waals surface area contributed by atoms with Crippen LogP contribution in [0.5, 0.6) is 17.2 Å². The molecule has 34 heavy (non-hydrogen) atoms. The first-order valence-corrected chi connectivity index (χ1v) is 11.3. The summed E-state index contributed by atoms with van der Waals surface area (Å²) in [5, 5.41) is 0. The van der Waals surface area contributed by atoms with E-state index in [0.717, 1.165) is 22.4 Å². The number of hydrogen-bond acceptors (Lipinski definition) is 4. The van der Waals surface area contributed by atoms with Gasteiger partial charge >= 0.3 is 0 Å². The fourth-order valence-electron chi connectivity index (χ4n) is 3.55. The zero-order chi connectivity index (χ0) is 23.8. The maximum atomic E-state index is 12.9. The summed E-state index contributed by atoms with van der Waals surface area (Å²) in [4.78, 5) is 18.9. The first kappa shape index (κ1) is 23.1. The molecule has 0 N–H and O–H groups in total. The first-order valence-electron chi connectivity index (χ1n) is 11.3. The summed E-state index contributed by atoms with van der Waals surface area (Å²) in [7, 11) is 0. The zero-order valence-electron chi connectivity index (χ0n) is 19.4. The number of carbonyl (C=O) groups excluding carboxylic acids is 1. The second kappa shape index (κ2) is 11.1. The van der Waals surface area contributed by atoms with Crippen molar-refractivity contribution in [3.8, 4) is 28.4 Å². The highest BCUT2D eigenvalue weighted by atomic mass is 16.5. The molecule has 0 fully saturated rings. The summed E-state index contributed by atoms with van der Waals surface area (Å²) in [6.45, 7) is 4.52. The van der Waals surface area contributed by atoms with Gasteiger partial charge in [0.1, 0.15) is 17.2 Å². The standard InChI is InChI=1S/C29H28N2O3/c1-22(2)31(20-23-10-12-24(13-11-23)25-7-6-18-30-19-25)29(32)21-33-26-14-16-28(17-15-26)34-27-8-4-3-5-9-27/h3-19,22H,20-21H2,1-2H3. The molecule has 1 heterocycles. The van der Waals surface area contributed by atoms with E-state index < -0.39 is 0 Å². The van der Waals surface area contributed by atoms with Crippen LogP contribution in [0.4, 0.5) is 0 Å². The number of para-hydroxylation sites is 1. The quantitative estimate of drug-likeness (QED) is 0.297. The highest BCUT2D eigenvalue weighted by Crippen LogP contribution is 2.24. The third-order valence-electron chi connectivity index (χ3n) is 5.41. The number of nitrogens with zero attached hydrogens (tertiary/aromatic N) is 2. The highest BCUT2D eigenvalue weighted by Gasteiger charge is 2.18. The zero-order valence-corrected chi connectivity index (χ0v) is 19.4. The van der Waals surface area contributed by atoms with E-state index in [1.165, 1.54) is 0 Å². The van der Waals surface area contributed by atoms with Gasteiger partial charge < -0.3 is 14.4 Å². The predicted octanol–water partition coefficient (Wildman–Crippen LogP) is 6.36. The molecule has 1 amide bonds. The Labute approximate surface area is 200 Å². The number of carbonyl (C=O) groups is 1. The number of amides is 1. The van der Waals surface area contributed by atoms with Gasteiger partial charge in [-0.2, -0.15) is 0 Å². The lowest BCUT2D eigenvalue weighted by Gasteiger charge is -2.27. The largest absolute Gasteiger partial charge is 0.484 e. The Morgan fingerprint density at radius 2 is 1.47 bits per heavy atom. The molecule has 3 aromatic carbocycles. The predicted molar refractivity (Wildman–Crippen MR) is 134 cm³/mol. The molecule has 172 valence electrons. The maximum absolute atomic E-state index is 12.9. The van der Waals surface area contributed by atoms with E-state index in [4.69, 9.17) is 9.47 Å². The monoisotopic (exact) mass is 452 g/mol. The summed E-state index contributed by atoms with van der Waals surface area (Å²) in [5.41, 5.74) is 3.24. The van der Waals surface area contributed by atoms with E-state index in [9.17, 15) is 4.79 Å². The second-order valence-electron chi connectivity index (χ2n) is 8.23. The minimum absolute atomic E-state index is 0.0230. The Balaban J connectivity index is 1.33. The van der Waals surface area contributed by atoms with Crippen LogP contribution in [-0.2, 0) is 11.3 Å². The summed E-state index contributed by atoms with van der Waals surface area (Å²) < 4.78 is 11.6. The van der Waals surface area contributed by atoms with Crippen molar-refractivity contribution in [1.29, 1.82) is 0 Å². The van der Waals surface area contributed by atoms with Gasteiger partial charge in [0.25, 0.3) is 5.91 Å². The summed E-state index contributed by atoms with van der Waals surface area (Å²) >= 11 is 0. The molecule has 0 aliphatic carbocycles. The van der Waals surface area contributed by atoms with E-state index in [1.807, 2.05) is 91.7 Å². The third kappa shape index (κ3) is 6.23. The number of benzene rings is 3. The van der Waals surface area contributed by atoms with Crippen LogP contribution < -0.4 is 9.47 Å². The molecule has 0 bridgehead atoms. The maximum Gasteiger partial charge on any atom is 0.261 e. The molecule has 0 atom stereocenters. The van der Waals surface area contributed by atoms with Crippen LogP contribution in [0.15, 0.2) is 103 Å². The molecule has 0 radical (unpaired) electrons. The van der Waals surface area contributed by atoms with Crippen LogP contribution in [0, 0.1) is 0 Å². The van der Waals surface area contributed by atoms with E-state index in [2.05, 4.69) is 29.2 Å². The van der Waals surface area contributed by atoms with Gasteiger partial charge in [-0.15, -0.1) is 0 Å². The van der Waals surface area contributed by atoms with E-state index in [1.54, 1.807) is 6.20 Å². The molecule has 0 saturated heterocycles. The van der Waals surface area contributed by atoms with Gasteiger partial charge in [0.05, 0.1) is 0 Å². The van der Waals surface area contributed by atoms with Crippen LogP contribution >= 0.6 is 0 Å². The molecule has 1 aromatic heterocycles. The smallest absolute Gasteiger partial charge is 0.261 e. The fourth-order valence-corrected chi connectivity index (χ4v) is 3.55. The molecule has 0 spiro atoms. The number of rotatable bonds is 9. The van der Waals surface area contributed by atoms with Gasteiger partial charge in [0.15, 0.2) is 6.61 Å². The topological polar surface area (TPSA) is 51.7 Å². The molecule has 0 aliphatic heterocycles. The van der Waals surface area contributed by atoms with E-state index >= 15 is 0 Å². The van der Waals surface area contributed by atoms with Crippen molar-refractivity contribution in [1.82, 2.24) is 9.88 Å². The summed E-state index contributed by atoms with van der Waals surface area (Å²) in [6, 6.07) is 29.1. The van der Waals surface area contributed by atoms with Crippen molar-refractivity contribution in [2.24, 2.45) is 0 Å². The summed E-state index contributed by atoms with van der Waals surface area (Å²) in [5.74, 6) is 2.05. The molecule has 0 unspecified atom stereocenters. The average Bonchev–Trinajstić information content (AvgIpc) is 2.88. The molecule has 4 rings (SSSR count). The Morgan fingerprint density at radius 3 is 2.12 bits per heavy atom. The minimum atomic E-state index is -0.0593. The van der Waals surface area contributed by atoms with Crippen molar-refractivity contribution in [3.05, 3.63) is 109 Å². The Kier molecular flexibility index (Phi) is 7.56. The lowest BCUT2D eigenvalue weighted by Crippen LogP contribution is -2.39. The lowest BCUT2D eigenvalue weighted by molar-refractivity contribution is -0.135. The van der Waals surface area contributed by atoms with Gasteiger partial charge in [-0.25, -0.2) is 0 Å². The molecule has 4 aromatic rings. The normalized spacial score (nSPS) is 10.7. The first-order chi connectivity index (χ1) is 16.6. The van der Waals surface area contributed by atoms with Gasteiger partial charge in [-0.1, -0.05) is 48.5 Å². The van der Waals surface area contributed by atoms with Gasteiger partial charge in [0, 0.05) is 25.0 Å². The van der Waals surface area contributed by atoms with Crippen LogP contribution in [0.3, 0.4) is 0 Å². The van der Waals surface area contributed by atoms with Crippen molar-refractivity contribution < 1.29 is 14.3 Å². The van der Waals surface area contributed by atoms with Crippen LogP contribution in [0.1, 0.15) is 19.4 Å². The van der Waals surface area contributed by atoms with Gasteiger partial charge in [-0.3, -0.25) is 9.78 Å². The fraction of sp³-hybridized carbons (Fsp3) is 0.172. The Morgan fingerprint density at radius 1 is 0.794 bits per heavy atom. The molecular formula is C29H28N2O3. The molecule has 5 nitrogen and oxygen atoms in total. The van der Waals surface area contributed by atoms with Crippen molar-refractivity contribution >= 4 is 5.91 Å². The Hall–Kier alpha value is -4.12. The summed E-state index contributed by atoms with van der Waals surface area (Å²) in [6.07, 6.45) is 3.61. The molecule has 0 saturated carbocycles. The highest BCUT2D eigenvalue weighted by molar-refractivity contribution is 5.78. The van der Waals surface area contributed by atoms with Crippen LogP contribution in [-0.4, -0.2) is 28.4 Å². The number of hydrogen-bond donors (Lipinski definition) is 0. The van der Waals surface area contributed by atoms with Crippen molar-refractivity contribution in [3.63, 3.8) is 0 Å². The number of ether oxygens (including phenoxy) is 2. The van der Waals surface area contributed by atoms with Gasteiger partial charge in [-0.05, 0) is 73.0 Å². The number of pyridine rings is 1. The molecule has 5 heteroatoms. The minimum Gasteiger partial charge on any atom is -0.484 e. The SMILES string of the molecule is CC(C)N(Cc1ccc(-c2cccnc2)cc1)C(=O)COc1ccc(Oc2ccccc2)cc1. The molecule has 0 aliphatic rings.